The molecule has 0 spiro atoms. The molecule has 2 aromatic carbocycles. The largest absolute Gasteiger partial charge is 0.507 e. The van der Waals surface area contributed by atoms with Crippen LogP contribution in [0.2, 0.25) is 0 Å². The molecule has 1 N–H and O–H groups in total. The normalized spacial score (nSPS) is 10.8. The summed E-state index contributed by atoms with van der Waals surface area (Å²) in [7, 11) is 0. The number of aromatic nitrogens is 1. The maximum absolute atomic E-state index is 9.98. The van der Waals surface area contributed by atoms with Gasteiger partial charge < -0.3 is 5.11 Å². The molecule has 1 aromatic heterocycles. The third-order valence-electron chi connectivity index (χ3n) is 3.57. The monoisotopic (exact) mass is 279 g/mol. The number of fused-ring (bicyclic) bond motifs is 5. The number of nitrogens with zero attached hydrogens (tertiary/aromatic N) is 1. The van der Waals surface area contributed by atoms with Gasteiger partial charge in [-0.2, -0.15) is 0 Å². The van der Waals surface area contributed by atoms with E-state index in [1.54, 1.807) is 12.1 Å². The Kier molecular flexibility index (Phi) is 2.67. The van der Waals surface area contributed by atoms with Gasteiger partial charge in [-0.25, -0.2) is 4.98 Å². The van der Waals surface area contributed by atoms with Crippen LogP contribution in [0, 0.1) is 12.3 Å². The summed E-state index contributed by atoms with van der Waals surface area (Å²) < 4.78 is 0. The molecule has 0 unspecified atom stereocenters. The summed E-state index contributed by atoms with van der Waals surface area (Å²) in [4.78, 5) is 4.61. The van der Waals surface area contributed by atoms with Gasteiger partial charge in [0.2, 0.25) is 0 Å². The van der Waals surface area contributed by atoms with Crippen LogP contribution in [0.25, 0.3) is 33.3 Å². The Morgan fingerprint density at radius 3 is 2.65 bits per heavy atom. The average Bonchev–Trinajstić information content (AvgIpc) is 2.44. The third kappa shape index (κ3) is 1.44. The van der Waals surface area contributed by atoms with Crippen LogP contribution in [0.4, 0.5) is 0 Å². The molecular weight excluding hydrogens is 270 g/mol. The second-order valence-electron chi connectivity index (χ2n) is 4.60. The van der Waals surface area contributed by atoms with Crippen molar-refractivity contribution < 1.29 is 5.11 Å². The first kappa shape index (κ1) is 12.5. The molecule has 20 heavy (non-hydrogen) atoms. The van der Waals surface area contributed by atoms with Gasteiger partial charge in [-0.15, -0.1) is 18.8 Å². The fraction of sp³-hybridized carbons (Fsp3) is 0. The van der Waals surface area contributed by atoms with Gasteiger partial charge in [0.1, 0.15) is 5.75 Å². The molecule has 0 fully saturated rings. The van der Waals surface area contributed by atoms with Crippen LogP contribution in [-0.4, -0.2) is 10.1 Å². The van der Waals surface area contributed by atoms with Crippen molar-refractivity contribution in [2.45, 2.75) is 0 Å². The lowest BCUT2D eigenvalue weighted by molar-refractivity contribution is 0.477. The number of terminal acetylenes is 1. The second kappa shape index (κ2) is 4.26. The van der Waals surface area contributed by atoms with Crippen molar-refractivity contribution in [2.75, 3.05) is 0 Å². The van der Waals surface area contributed by atoms with Crippen molar-refractivity contribution in [3.05, 3.63) is 48.0 Å². The van der Waals surface area contributed by atoms with Crippen molar-refractivity contribution in [2.24, 2.45) is 0 Å². The van der Waals surface area contributed by atoms with E-state index in [0.717, 1.165) is 38.9 Å². The van der Waals surface area contributed by atoms with Crippen LogP contribution in [0.15, 0.2) is 42.5 Å². The molecule has 0 bridgehead atoms. The Hall–Kier alpha value is -2.50. The Morgan fingerprint density at radius 2 is 1.85 bits per heavy atom. The van der Waals surface area contributed by atoms with E-state index in [0.29, 0.717) is 0 Å². The first-order chi connectivity index (χ1) is 9.29. The Labute approximate surface area is 122 Å². The molecule has 1 aliphatic rings. The van der Waals surface area contributed by atoms with Gasteiger partial charge >= 0.3 is 0 Å². The minimum Gasteiger partial charge on any atom is -0.507 e. The first-order valence-corrected chi connectivity index (χ1v) is 6.02. The van der Waals surface area contributed by atoms with Crippen LogP contribution in [-0.2, 0) is 0 Å². The van der Waals surface area contributed by atoms with E-state index in [1.165, 1.54) is 0 Å². The predicted octanol–water partition coefficient (Wildman–Crippen LogP) is 3.99. The van der Waals surface area contributed by atoms with Gasteiger partial charge in [0, 0.05) is 22.1 Å². The van der Waals surface area contributed by atoms with Crippen molar-refractivity contribution in [1.82, 2.24) is 4.98 Å². The molecule has 0 saturated carbocycles. The summed E-state index contributed by atoms with van der Waals surface area (Å²) in [6.45, 7) is 0. The molecular formula is C17H10ClNO. The zero-order valence-corrected chi connectivity index (χ0v) is 11.2. The number of aromatic hydroxyl groups is 1. The number of rotatable bonds is 0. The van der Waals surface area contributed by atoms with Crippen LogP contribution < -0.4 is 0 Å². The molecule has 0 radical (unpaired) electrons. The predicted molar refractivity (Wildman–Crippen MR) is 83.0 cm³/mol. The molecule has 0 atom stereocenters. The lowest BCUT2D eigenvalue weighted by Crippen LogP contribution is -2.04. The molecule has 3 aromatic rings. The zero-order chi connectivity index (χ0) is 13.0. The quantitative estimate of drug-likeness (QED) is 0.494. The summed E-state index contributed by atoms with van der Waals surface area (Å²) in [5, 5.41) is 11.1. The van der Waals surface area contributed by atoms with Gasteiger partial charge in [0.15, 0.2) is 0 Å². The first-order valence-electron chi connectivity index (χ1n) is 6.02. The number of para-hydroxylation sites is 1. The van der Waals surface area contributed by atoms with Gasteiger partial charge in [-0.1, -0.05) is 24.1 Å². The molecule has 96 valence electrons. The van der Waals surface area contributed by atoms with Crippen LogP contribution in [0.1, 0.15) is 5.56 Å². The Bertz CT molecular complexity index is 893. The van der Waals surface area contributed by atoms with Crippen molar-refractivity contribution in [3.8, 4) is 40.5 Å². The minimum atomic E-state index is 0. The number of phenols is 1. The van der Waals surface area contributed by atoms with E-state index in [1.807, 2.05) is 24.3 Å². The fourth-order valence-electron chi connectivity index (χ4n) is 2.67. The maximum Gasteiger partial charge on any atom is 0.125 e. The van der Waals surface area contributed by atoms with Gasteiger partial charge in [0.25, 0.3) is 0 Å². The van der Waals surface area contributed by atoms with Crippen molar-refractivity contribution in [1.29, 1.82) is 0 Å². The molecule has 1 aliphatic carbocycles. The summed E-state index contributed by atoms with van der Waals surface area (Å²) in [6.07, 6.45) is 5.52. The van der Waals surface area contributed by atoms with Crippen LogP contribution in [0.3, 0.4) is 0 Å². The number of halogens is 1. The Balaban J connectivity index is 0.00000121. The lowest BCUT2D eigenvalue weighted by atomic mass is 9.80. The molecule has 3 heteroatoms. The van der Waals surface area contributed by atoms with Gasteiger partial charge in [0.05, 0.1) is 16.8 Å². The van der Waals surface area contributed by atoms with Gasteiger partial charge in [-0.3, -0.25) is 0 Å². The number of benzene rings is 2. The topological polar surface area (TPSA) is 33.1 Å². The van der Waals surface area contributed by atoms with E-state index in [-0.39, 0.29) is 18.2 Å². The van der Waals surface area contributed by atoms with Crippen LogP contribution in [0.5, 0.6) is 5.75 Å². The van der Waals surface area contributed by atoms with Crippen LogP contribution >= 0.6 is 12.4 Å². The minimum absolute atomic E-state index is 0. The standard InChI is InChI=1S/C17H9NO.ClH/c1-2-10-7-8-14(19)16-15(10)12-9-11-5-3-4-6-13(11)18-17(12)16;/h1,3-9,19H;1H. The van der Waals surface area contributed by atoms with Crippen molar-refractivity contribution in [3.63, 3.8) is 0 Å². The van der Waals surface area contributed by atoms with E-state index < -0.39 is 0 Å². The average molecular weight is 280 g/mol. The van der Waals surface area contributed by atoms with E-state index in [9.17, 15) is 5.11 Å². The smallest absolute Gasteiger partial charge is 0.125 e. The zero-order valence-electron chi connectivity index (χ0n) is 10.4. The molecule has 0 saturated heterocycles. The van der Waals surface area contributed by atoms with Gasteiger partial charge in [-0.05, 0) is 24.3 Å². The van der Waals surface area contributed by atoms with E-state index in [2.05, 4.69) is 17.0 Å². The highest BCUT2D eigenvalue weighted by atomic mass is 35.5. The summed E-state index contributed by atoms with van der Waals surface area (Å²) in [5.41, 5.74) is 5.31. The second-order valence-corrected chi connectivity index (χ2v) is 4.60. The van der Waals surface area contributed by atoms with Crippen molar-refractivity contribution >= 4 is 23.3 Å². The number of phenolic OH excluding ortho intramolecular Hbond substituents is 1. The third-order valence-corrected chi connectivity index (χ3v) is 3.57. The molecule has 1 heterocycles. The molecule has 4 rings (SSSR count). The number of pyridine rings is 1. The highest BCUT2D eigenvalue weighted by Crippen LogP contribution is 2.52. The number of hydrogen-bond acceptors (Lipinski definition) is 2. The van der Waals surface area contributed by atoms with E-state index >= 15 is 0 Å². The molecule has 2 nitrogen and oxygen atoms in total. The SMILES string of the molecule is C#Cc1ccc(O)c2c1-c1cc3ccccc3nc1-2.Cl. The summed E-state index contributed by atoms with van der Waals surface area (Å²) >= 11 is 0. The lowest BCUT2D eigenvalue weighted by Gasteiger charge is -2.25. The molecule has 0 aliphatic heterocycles. The highest BCUT2D eigenvalue weighted by molar-refractivity contribution is 6.08. The molecule has 0 amide bonds. The number of hydrogen-bond donors (Lipinski definition) is 1. The fourth-order valence-corrected chi connectivity index (χ4v) is 2.67. The highest BCUT2D eigenvalue weighted by Gasteiger charge is 2.30. The maximum atomic E-state index is 9.98. The summed E-state index contributed by atoms with van der Waals surface area (Å²) in [5.74, 6) is 2.90. The summed E-state index contributed by atoms with van der Waals surface area (Å²) in [6, 6.07) is 13.4. The Morgan fingerprint density at radius 1 is 1.05 bits per heavy atom. The van der Waals surface area contributed by atoms with E-state index in [4.69, 9.17) is 6.42 Å².